The Kier molecular flexibility index (Phi) is 6.65. The third kappa shape index (κ3) is 4.49. The quantitative estimate of drug-likeness (QED) is 0.481. The first-order valence-electron chi connectivity index (χ1n) is 8.90. The van der Waals surface area contributed by atoms with E-state index in [2.05, 4.69) is 31.4 Å². The average molecular weight is 503 g/mol. The molecule has 0 spiro atoms. The number of benzene rings is 1. The average Bonchev–Trinajstić information content (AvgIpc) is 3.13. The van der Waals surface area contributed by atoms with Gasteiger partial charge in [0, 0.05) is 16.8 Å². The second-order valence-electron chi connectivity index (χ2n) is 6.57. The summed E-state index contributed by atoms with van der Waals surface area (Å²) in [6.07, 6.45) is 2.17. The molecule has 29 heavy (non-hydrogen) atoms. The molecular formula is C19H19BrCl2FN5O. The summed E-state index contributed by atoms with van der Waals surface area (Å²) in [5.41, 5.74) is 1.72. The number of rotatable bonds is 6. The van der Waals surface area contributed by atoms with Gasteiger partial charge >= 0.3 is 0 Å². The Morgan fingerprint density at radius 2 is 2.03 bits per heavy atom. The summed E-state index contributed by atoms with van der Waals surface area (Å²) in [5, 5.41) is 12.4. The lowest BCUT2D eigenvalue weighted by atomic mass is 10.2. The lowest BCUT2D eigenvalue weighted by molar-refractivity contribution is -0.119. The van der Waals surface area contributed by atoms with Gasteiger partial charge < -0.3 is 5.32 Å². The predicted octanol–water partition coefficient (Wildman–Crippen LogP) is 5.54. The maximum Gasteiger partial charge on any atom is 0.250 e. The fourth-order valence-electron chi connectivity index (χ4n) is 3.02. The molecule has 0 aliphatic carbocycles. The molecule has 0 aliphatic rings. The van der Waals surface area contributed by atoms with E-state index in [-0.39, 0.29) is 12.5 Å². The number of carbonyl (C=O) groups excluding carboxylic acids is 1. The van der Waals surface area contributed by atoms with Crippen LogP contribution in [0.2, 0.25) is 10.0 Å². The SMILES string of the molecule is CCC(C(=O)Nc1nn(Cc2c(F)cccc2Cl)cc1Br)n1nc(C)c(Cl)c1C. The largest absolute Gasteiger partial charge is 0.306 e. The van der Waals surface area contributed by atoms with Crippen LogP contribution in [0.4, 0.5) is 10.2 Å². The molecule has 3 rings (SSSR count). The molecule has 2 heterocycles. The number of aromatic nitrogens is 4. The van der Waals surface area contributed by atoms with Crippen molar-refractivity contribution >= 4 is 50.9 Å². The minimum Gasteiger partial charge on any atom is -0.306 e. The molecule has 1 amide bonds. The Labute approximate surface area is 186 Å². The second-order valence-corrected chi connectivity index (χ2v) is 8.21. The molecule has 1 atom stereocenters. The molecule has 6 nitrogen and oxygen atoms in total. The molecule has 154 valence electrons. The van der Waals surface area contributed by atoms with Crippen LogP contribution in [0, 0.1) is 19.7 Å². The standard InChI is InChI=1S/C19H19BrCl2FN5O/c1-4-16(28-11(3)17(22)10(2)25-28)19(29)24-18-13(20)9-27(26-18)8-12-14(21)6-5-7-15(12)23/h5-7,9,16H,4,8H2,1-3H3,(H,24,26,29). The summed E-state index contributed by atoms with van der Waals surface area (Å²) in [6, 6.07) is 3.96. The van der Waals surface area contributed by atoms with Crippen LogP contribution in [-0.4, -0.2) is 25.5 Å². The highest BCUT2D eigenvalue weighted by atomic mass is 79.9. The number of aryl methyl sites for hydroxylation is 1. The van der Waals surface area contributed by atoms with Crippen molar-refractivity contribution < 1.29 is 9.18 Å². The zero-order chi connectivity index (χ0) is 21.3. The molecule has 0 bridgehead atoms. The number of amides is 1. The van der Waals surface area contributed by atoms with Crippen molar-refractivity contribution in [2.75, 3.05) is 5.32 Å². The molecule has 0 saturated carbocycles. The topological polar surface area (TPSA) is 64.7 Å². The van der Waals surface area contributed by atoms with Crippen LogP contribution in [0.5, 0.6) is 0 Å². The van der Waals surface area contributed by atoms with Crippen LogP contribution in [0.3, 0.4) is 0 Å². The van der Waals surface area contributed by atoms with Gasteiger partial charge in [0.25, 0.3) is 0 Å². The summed E-state index contributed by atoms with van der Waals surface area (Å²) in [4.78, 5) is 12.9. The predicted molar refractivity (Wildman–Crippen MR) is 115 cm³/mol. The van der Waals surface area contributed by atoms with Crippen molar-refractivity contribution in [1.82, 2.24) is 19.6 Å². The molecule has 0 radical (unpaired) electrons. The van der Waals surface area contributed by atoms with Gasteiger partial charge in [0.1, 0.15) is 11.9 Å². The Hall–Kier alpha value is -1.90. The van der Waals surface area contributed by atoms with E-state index in [1.165, 1.54) is 10.7 Å². The van der Waals surface area contributed by atoms with Crippen LogP contribution in [0.15, 0.2) is 28.9 Å². The van der Waals surface area contributed by atoms with Gasteiger partial charge in [-0.2, -0.15) is 10.2 Å². The molecule has 0 aliphatic heterocycles. The Bertz CT molecular complexity index is 1050. The molecule has 1 N–H and O–H groups in total. The van der Waals surface area contributed by atoms with Gasteiger partial charge in [-0.3, -0.25) is 14.2 Å². The maximum atomic E-state index is 14.0. The molecule has 2 aromatic heterocycles. The number of hydrogen-bond acceptors (Lipinski definition) is 3. The van der Waals surface area contributed by atoms with Crippen LogP contribution in [0.1, 0.15) is 36.3 Å². The van der Waals surface area contributed by atoms with E-state index in [1.807, 2.05) is 13.8 Å². The summed E-state index contributed by atoms with van der Waals surface area (Å²) < 4.78 is 17.7. The monoisotopic (exact) mass is 501 g/mol. The van der Waals surface area contributed by atoms with Crippen molar-refractivity contribution in [3.05, 3.63) is 61.7 Å². The van der Waals surface area contributed by atoms with Crippen molar-refractivity contribution in [3.8, 4) is 0 Å². The first-order valence-corrected chi connectivity index (χ1v) is 10.5. The molecule has 0 fully saturated rings. The first kappa shape index (κ1) is 21.8. The second kappa shape index (κ2) is 8.85. The van der Waals surface area contributed by atoms with E-state index in [4.69, 9.17) is 23.2 Å². The van der Waals surface area contributed by atoms with E-state index >= 15 is 0 Å². The summed E-state index contributed by atoms with van der Waals surface area (Å²) >= 11 is 15.7. The Balaban J connectivity index is 1.81. The fourth-order valence-corrected chi connectivity index (χ4v) is 3.79. The lowest BCUT2D eigenvalue weighted by Crippen LogP contribution is -2.27. The number of halogens is 4. The van der Waals surface area contributed by atoms with Crippen LogP contribution in [0.25, 0.3) is 0 Å². The maximum absolute atomic E-state index is 14.0. The minimum absolute atomic E-state index is 0.129. The van der Waals surface area contributed by atoms with Crippen molar-refractivity contribution in [1.29, 1.82) is 0 Å². The molecule has 1 aromatic carbocycles. The third-order valence-electron chi connectivity index (χ3n) is 4.56. The van der Waals surface area contributed by atoms with E-state index in [0.717, 1.165) is 5.69 Å². The molecular weight excluding hydrogens is 484 g/mol. The highest BCUT2D eigenvalue weighted by Gasteiger charge is 2.25. The van der Waals surface area contributed by atoms with E-state index in [9.17, 15) is 9.18 Å². The van der Waals surface area contributed by atoms with Crippen LogP contribution < -0.4 is 5.32 Å². The van der Waals surface area contributed by atoms with Gasteiger partial charge in [0.05, 0.1) is 27.4 Å². The lowest BCUT2D eigenvalue weighted by Gasteiger charge is -2.16. The summed E-state index contributed by atoms with van der Waals surface area (Å²) in [5.74, 6) is -0.361. The van der Waals surface area contributed by atoms with Gasteiger partial charge in [-0.25, -0.2) is 4.39 Å². The third-order valence-corrected chi connectivity index (χ3v) is 6.04. The Morgan fingerprint density at radius 3 is 2.62 bits per heavy atom. The van der Waals surface area contributed by atoms with Gasteiger partial charge in [-0.1, -0.05) is 36.2 Å². The number of carbonyl (C=O) groups is 1. The van der Waals surface area contributed by atoms with Gasteiger partial charge in [-0.15, -0.1) is 0 Å². The van der Waals surface area contributed by atoms with Crippen LogP contribution in [-0.2, 0) is 11.3 Å². The first-order chi connectivity index (χ1) is 13.7. The highest BCUT2D eigenvalue weighted by molar-refractivity contribution is 9.10. The number of anilines is 1. The normalized spacial score (nSPS) is 12.2. The number of hydrogen-bond donors (Lipinski definition) is 1. The smallest absolute Gasteiger partial charge is 0.250 e. The molecule has 3 aromatic rings. The number of nitrogens with one attached hydrogen (secondary N) is 1. The van der Waals surface area contributed by atoms with Crippen molar-refractivity contribution in [2.45, 2.75) is 39.8 Å². The molecule has 0 saturated heterocycles. The van der Waals surface area contributed by atoms with E-state index in [0.29, 0.717) is 38.0 Å². The van der Waals surface area contributed by atoms with Gasteiger partial charge in [0.2, 0.25) is 5.91 Å². The summed E-state index contributed by atoms with van der Waals surface area (Å²) in [6.45, 7) is 5.64. The van der Waals surface area contributed by atoms with Gasteiger partial charge in [-0.05, 0) is 48.3 Å². The van der Waals surface area contributed by atoms with E-state index < -0.39 is 11.9 Å². The Morgan fingerprint density at radius 1 is 1.31 bits per heavy atom. The number of nitrogens with zero attached hydrogens (tertiary/aromatic N) is 4. The summed E-state index contributed by atoms with van der Waals surface area (Å²) in [7, 11) is 0. The molecule has 10 heteroatoms. The minimum atomic E-state index is -0.542. The van der Waals surface area contributed by atoms with Crippen molar-refractivity contribution in [3.63, 3.8) is 0 Å². The molecule has 1 unspecified atom stereocenters. The highest BCUT2D eigenvalue weighted by Crippen LogP contribution is 2.27. The van der Waals surface area contributed by atoms with Crippen LogP contribution >= 0.6 is 39.1 Å². The zero-order valence-electron chi connectivity index (χ0n) is 16.0. The fraction of sp³-hybridized carbons (Fsp3) is 0.316. The zero-order valence-corrected chi connectivity index (χ0v) is 19.1. The van der Waals surface area contributed by atoms with Gasteiger partial charge in [0.15, 0.2) is 5.82 Å². The van der Waals surface area contributed by atoms with Crippen molar-refractivity contribution in [2.24, 2.45) is 0 Å². The van der Waals surface area contributed by atoms with E-state index in [1.54, 1.807) is 29.9 Å².